The highest BCUT2D eigenvalue weighted by molar-refractivity contribution is 7.99. The van der Waals surface area contributed by atoms with Crippen LogP contribution in [0.25, 0.3) is 0 Å². The van der Waals surface area contributed by atoms with E-state index in [4.69, 9.17) is 0 Å². The molecule has 0 atom stereocenters. The van der Waals surface area contributed by atoms with Crippen molar-refractivity contribution < 1.29 is 12.8 Å². The fraction of sp³-hybridized carbons (Fsp3) is 0.500. The van der Waals surface area contributed by atoms with Gasteiger partial charge in [0.05, 0.1) is 11.9 Å². The van der Waals surface area contributed by atoms with Crippen molar-refractivity contribution in [3.63, 3.8) is 0 Å². The van der Waals surface area contributed by atoms with Crippen LogP contribution >= 0.6 is 11.8 Å². The molecule has 2 N–H and O–H groups in total. The third-order valence-electron chi connectivity index (χ3n) is 2.85. The molecule has 1 saturated heterocycles. The molecule has 1 aromatic rings. The van der Waals surface area contributed by atoms with Gasteiger partial charge < -0.3 is 5.32 Å². The van der Waals surface area contributed by atoms with Gasteiger partial charge in [-0.3, -0.25) is 4.72 Å². The van der Waals surface area contributed by atoms with Crippen LogP contribution in [-0.2, 0) is 10.0 Å². The Balaban J connectivity index is 2.11. The number of sulfonamides is 1. The van der Waals surface area contributed by atoms with E-state index >= 15 is 0 Å². The van der Waals surface area contributed by atoms with E-state index < -0.39 is 15.8 Å². The van der Waals surface area contributed by atoms with Gasteiger partial charge in [0.2, 0.25) is 10.0 Å². The van der Waals surface area contributed by atoms with Crippen LogP contribution in [-0.4, -0.2) is 32.2 Å². The van der Waals surface area contributed by atoms with Crippen LogP contribution in [0.5, 0.6) is 0 Å². The van der Waals surface area contributed by atoms with Gasteiger partial charge in [0.15, 0.2) is 0 Å². The monoisotopic (exact) mass is 304 g/mol. The quantitative estimate of drug-likeness (QED) is 0.897. The van der Waals surface area contributed by atoms with Crippen LogP contribution in [0, 0.1) is 5.82 Å². The second-order valence-corrected chi connectivity index (χ2v) is 7.57. The summed E-state index contributed by atoms with van der Waals surface area (Å²) in [5, 5.41) is 3.32. The van der Waals surface area contributed by atoms with Gasteiger partial charge in [-0.2, -0.15) is 11.8 Å². The van der Waals surface area contributed by atoms with Crippen molar-refractivity contribution in [1.29, 1.82) is 0 Å². The van der Waals surface area contributed by atoms with Crippen molar-refractivity contribution in [3.8, 4) is 0 Å². The Kier molecular flexibility index (Phi) is 4.57. The Bertz CT molecular complexity index is 543. The van der Waals surface area contributed by atoms with Crippen molar-refractivity contribution in [2.45, 2.75) is 18.9 Å². The minimum absolute atomic E-state index is 0.0160. The van der Waals surface area contributed by atoms with Crippen LogP contribution in [0.1, 0.15) is 12.8 Å². The van der Waals surface area contributed by atoms with Gasteiger partial charge in [0.25, 0.3) is 0 Å². The lowest BCUT2D eigenvalue weighted by Gasteiger charge is -2.24. The molecular weight excluding hydrogens is 287 g/mol. The van der Waals surface area contributed by atoms with Crippen molar-refractivity contribution in [3.05, 3.63) is 24.0 Å². The van der Waals surface area contributed by atoms with E-state index in [0.717, 1.165) is 36.3 Å². The Morgan fingerprint density at radius 1 is 1.32 bits per heavy atom. The number of anilines is 2. The fourth-order valence-corrected chi connectivity index (χ4v) is 3.63. The Labute approximate surface area is 117 Å². The highest BCUT2D eigenvalue weighted by atomic mass is 32.2. The van der Waals surface area contributed by atoms with E-state index in [2.05, 4.69) is 10.0 Å². The summed E-state index contributed by atoms with van der Waals surface area (Å²) in [7, 11) is -3.47. The molecule has 1 aliphatic rings. The normalized spacial score (nSPS) is 17.2. The molecule has 0 spiro atoms. The number of halogens is 1. The first-order chi connectivity index (χ1) is 8.94. The summed E-state index contributed by atoms with van der Waals surface area (Å²) in [5.74, 6) is 1.66. The number of hydrogen-bond acceptors (Lipinski definition) is 4. The van der Waals surface area contributed by atoms with Crippen molar-refractivity contribution in [2.24, 2.45) is 0 Å². The average molecular weight is 304 g/mol. The maximum Gasteiger partial charge on any atom is 0.229 e. The summed E-state index contributed by atoms with van der Waals surface area (Å²) in [6.45, 7) is 0. The lowest BCUT2D eigenvalue weighted by Crippen LogP contribution is -2.24. The molecule has 0 amide bonds. The van der Waals surface area contributed by atoms with Gasteiger partial charge in [-0.05, 0) is 42.5 Å². The van der Waals surface area contributed by atoms with Crippen LogP contribution in [0.3, 0.4) is 0 Å². The van der Waals surface area contributed by atoms with Crippen LogP contribution in [0.4, 0.5) is 15.8 Å². The summed E-state index contributed by atoms with van der Waals surface area (Å²) in [6, 6.07) is 4.77. The summed E-state index contributed by atoms with van der Waals surface area (Å²) in [5.41, 5.74) is 0.724. The number of nitrogens with one attached hydrogen (secondary N) is 2. The molecule has 0 saturated carbocycles. The van der Waals surface area contributed by atoms with E-state index in [0.29, 0.717) is 6.04 Å². The molecule has 0 bridgehead atoms. The minimum atomic E-state index is -3.47. The van der Waals surface area contributed by atoms with E-state index in [1.807, 2.05) is 11.8 Å². The lowest BCUT2D eigenvalue weighted by atomic mass is 10.1. The zero-order valence-electron chi connectivity index (χ0n) is 10.6. The second-order valence-electron chi connectivity index (χ2n) is 4.60. The summed E-state index contributed by atoms with van der Waals surface area (Å²) in [4.78, 5) is 0. The lowest BCUT2D eigenvalue weighted by molar-refractivity contribution is 0.603. The average Bonchev–Trinajstić information content (AvgIpc) is 2.33. The van der Waals surface area contributed by atoms with Crippen molar-refractivity contribution in [2.75, 3.05) is 27.8 Å². The first-order valence-corrected chi connectivity index (χ1v) is 9.10. The number of thioether (sulfide) groups is 1. The molecule has 7 heteroatoms. The van der Waals surface area contributed by atoms with Gasteiger partial charge in [-0.1, -0.05) is 0 Å². The predicted molar refractivity (Wildman–Crippen MR) is 78.8 cm³/mol. The zero-order valence-corrected chi connectivity index (χ0v) is 12.3. The smallest absolute Gasteiger partial charge is 0.229 e. The third kappa shape index (κ3) is 4.58. The first-order valence-electron chi connectivity index (χ1n) is 6.06. The SMILES string of the molecule is CS(=O)(=O)Nc1cc(NC2CCSCC2)ccc1F. The second kappa shape index (κ2) is 6.00. The van der Waals surface area contributed by atoms with Gasteiger partial charge in [-0.15, -0.1) is 0 Å². The molecular formula is C12H17FN2O2S2. The third-order valence-corrected chi connectivity index (χ3v) is 4.49. The van der Waals surface area contributed by atoms with Crippen LogP contribution < -0.4 is 10.0 Å². The van der Waals surface area contributed by atoms with Crippen LogP contribution in [0.2, 0.25) is 0 Å². The van der Waals surface area contributed by atoms with Gasteiger partial charge in [0.1, 0.15) is 5.82 Å². The highest BCUT2D eigenvalue weighted by Crippen LogP contribution is 2.24. The number of benzene rings is 1. The minimum Gasteiger partial charge on any atom is -0.382 e. The van der Waals surface area contributed by atoms with Crippen LogP contribution in [0.15, 0.2) is 18.2 Å². The van der Waals surface area contributed by atoms with Crippen molar-refractivity contribution >= 4 is 33.2 Å². The van der Waals surface area contributed by atoms with Crippen molar-refractivity contribution in [1.82, 2.24) is 0 Å². The number of rotatable bonds is 4. The molecule has 1 heterocycles. The standard InChI is InChI=1S/C12H17FN2O2S2/c1-19(16,17)15-12-8-10(2-3-11(12)13)14-9-4-6-18-7-5-9/h2-3,8-9,14-15H,4-7H2,1H3. The topological polar surface area (TPSA) is 58.2 Å². The molecule has 0 aliphatic carbocycles. The molecule has 0 radical (unpaired) electrons. The Morgan fingerprint density at radius 2 is 2.00 bits per heavy atom. The molecule has 19 heavy (non-hydrogen) atoms. The Morgan fingerprint density at radius 3 is 2.63 bits per heavy atom. The molecule has 0 aromatic heterocycles. The summed E-state index contributed by atoms with van der Waals surface area (Å²) in [6.07, 6.45) is 3.14. The largest absolute Gasteiger partial charge is 0.382 e. The molecule has 4 nitrogen and oxygen atoms in total. The van der Waals surface area contributed by atoms with E-state index in [9.17, 15) is 12.8 Å². The molecule has 1 aromatic carbocycles. The first kappa shape index (κ1) is 14.5. The zero-order chi connectivity index (χ0) is 13.9. The predicted octanol–water partition coefficient (Wildman–Crippen LogP) is 2.50. The summed E-state index contributed by atoms with van der Waals surface area (Å²) < 4.78 is 38.0. The molecule has 1 aliphatic heterocycles. The Hall–Kier alpha value is -0.950. The maximum atomic E-state index is 13.5. The van der Waals surface area contributed by atoms with Gasteiger partial charge >= 0.3 is 0 Å². The molecule has 1 fully saturated rings. The van der Waals surface area contributed by atoms with Gasteiger partial charge in [0, 0.05) is 11.7 Å². The fourth-order valence-electron chi connectivity index (χ4n) is 1.97. The summed E-state index contributed by atoms with van der Waals surface area (Å²) >= 11 is 1.93. The maximum absolute atomic E-state index is 13.5. The van der Waals surface area contributed by atoms with Gasteiger partial charge in [-0.25, -0.2) is 12.8 Å². The van der Waals surface area contributed by atoms with E-state index in [-0.39, 0.29) is 5.69 Å². The molecule has 0 unspecified atom stereocenters. The van der Waals surface area contributed by atoms with E-state index in [1.54, 1.807) is 6.07 Å². The highest BCUT2D eigenvalue weighted by Gasteiger charge is 2.14. The molecule has 106 valence electrons. The molecule has 2 rings (SSSR count). The number of hydrogen-bond donors (Lipinski definition) is 2. The van der Waals surface area contributed by atoms with E-state index in [1.165, 1.54) is 12.1 Å².